The van der Waals surface area contributed by atoms with E-state index in [4.69, 9.17) is 15.6 Å². The van der Waals surface area contributed by atoms with Crippen molar-refractivity contribution in [1.82, 2.24) is 10.3 Å². The van der Waals surface area contributed by atoms with Crippen LogP contribution in [0.3, 0.4) is 0 Å². The number of benzene rings is 1. The number of nitrogens with zero attached hydrogens (tertiary/aromatic N) is 2. The number of carbonyl (C=O) groups excluding carboxylic acids is 2. The molecular weight excluding hydrogens is 381 g/mol. The van der Waals surface area contributed by atoms with E-state index in [0.717, 1.165) is 27.8 Å². The number of anilines is 1. The van der Waals surface area contributed by atoms with E-state index in [2.05, 4.69) is 10.3 Å². The molecule has 2 aromatic rings. The fourth-order valence-corrected chi connectivity index (χ4v) is 2.49. The van der Waals surface area contributed by atoms with Crippen molar-refractivity contribution in [2.75, 3.05) is 11.4 Å². The van der Waals surface area contributed by atoms with Crippen molar-refractivity contribution < 1.29 is 32.7 Å². The molecule has 1 aromatic carbocycles. The van der Waals surface area contributed by atoms with Gasteiger partial charge in [-0.05, 0) is 24.6 Å². The first kappa shape index (κ1) is 21.1. The molecule has 0 unspecified atom stereocenters. The minimum absolute atomic E-state index is 0.241. The van der Waals surface area contributed by atoms with Gasteiger partial charge in [-0.1, -0.05) is 12.1 Å². The number of nitrogens with two attached hydrogens (primary N) is 1. The van der Waals surface area contributed by atoms with Crippen LogP contribution in [-0.2, 0) is 16.1 Å². The molecule has 1 fully saturated rings. The maximum absolute atomic E-state index is 11.9. The Morgan fingerprint density at radius 2 is 1.96 bits per heavy atom. The number of rotatable bonds is 2. The highest BCUT2D eigenvalue weighted by atomic mass is 19.4. The van der Waals surface area contributed by atoms with Gasteiger partial charge in [0.05, 0.1) is 16.9 Å². The number of aryl methyl sites for hydroxylation is 1. The van der Waals surface area contributed by atoms with Gasteiger partial charge in [-0.3, -0.25) is 20.0 Å². The molecule has 1 aliphatic heterocycles. The third-order valence-corrected chi connectivity index (χ3v) is 3.87. The van der Waals surface area contributed by atoms with Gasteiger partial charge in [0.2, 0.25) is 5.91 Å². The fraction of sp³-hybridized carbons (Fsp3) is 0.294. The summed E-state index contributed by atoms with van der Waals surface area (Å²) < 4.78 is 31.7. The standard InChI is InChI=1S/C15H16N4O2.C2HF3O2/c1-9-13(19-5-4-14(20)18-15(19)21)7-11-3-2-10(8-16)6-12(11)17-9;3-2(4,5)1(6)7/h2-3,6-7H,4-5,8,16H2,1H3,(H,18,20,21);(H,6,7). The van der Waals surface area contributed by atoms with Crippen LogP contribution in [0.2, 0.25) is 0 Å². The lowest BCUT2D eigenvalue weighted by Crippen LogP contribution is -2.49. The van der Waals surface area contributed by atoms with E-state index in [1.165, 1.54) is 0 Å². The maximum atomic E-state index is 11.9. The van der Waals surface area contributed by atoms with Gasteiger partial charge < -0.3 is 10.8 Å². The molecule has 2 heterocycles. The zero-order valence-electron chi connectivity index (χ0n) is 14.7. The Morgan fingerprint density at radius 3 is 2.50 bits per heavy atom. The normalized spacial score (nSPS) is 14.4. The second-order valence-electron chi connectivity index (χ2n) is 5.88. The number of nitrogens with one attached hydrogen (secondary N) is 1. The summed E-state index contributed by atoms with van der Waals surface area (Å²) in [7, 11) is 0. The smallest absolute Gasteiger partial charge is 0.475 e. The first-order valence-corrected chi connectivity index (χ1v) is 8.04. The average molecular weight is 398 g/mol. The molecule has 3 rings (SSSR count). The summed E-state index contributed by atoms with van der Waals surface area (Å²) in [4.78, 5) is 38.2. The number of carbonyl (C=O) groups is 3. The summed E-state index contributed by atoms with van der Waals surface area (Å²) in [6.07, 6.45) is -4.78. The first-order valence-electron chi connectivity index (χ1n) is 8.04. The van der Waals surface area contributed by atoms with Crippen LogP contribution in [0.25, 0.3) is 10.9 Å². The summed E-state index contributed by atoms with van der Waals surface area (Å²) in [5.41, 5.74) is 8.99. The number of carboxylic acid groups (broad SMARTS) is 1. The van der Waals surface area contributed by atoms with Crippen molar-refractivity contribution in [2.24, 2.45) is 5.73 Å². The summed E-state index contributed by atoms with van der Waals surface area (Å²) in [5.74, 6) is -3.00. The molecule has 0 radical (unpaired) electrons. The Bertz CT molecular complexity index is 930. The van der Waals surface area contributed by atoms with Crippen molar-refractivity contribution in [2.45, 2.75) is 26.1 Å². The molecule has 0 aliphatic carbocycles. The van der Waals surface area contributed by atoms with Crippen molar-refractivity contribution >= 4 is 34.5 Å². The number of pyridine rings is 1. The van der Waals surface area contributed by atoms with Crippen LogP contribution in [0.1, 0.15) is 17.7 Å². The quantitative estimate of drug-likeness (QED) is 0.711. The molecule has 0 spiro atoms. The molecule has 0 bridgehead atoms. The molecule has 8 nitrogen and oxygen atoms in total. The highest BCUT2D eigenvalue weighted by Gasteiger charge is 2.38. The first-order chi connectivity index (χ1) is 13.0. The van der Waals surface area contributed by atoms with Gasteiger partial charge in [-0.25, -0.2) is 9.59 Å². The fourth-order valence-electron chi connectivity index (χ4n) is 2.49. The molecule has 1 aliphatic rings. The monoisotopic (exact) mass is 398 g/mol. The van der Waals surface area contributed by atoms with Crippen molar-refractivity contribution in [3.63, 3.8) is 0 Å². The number of hydrogen-bond acceptors (Lipinski definition) is 5. The van der Waals surface area contributed by atoms with Crippen LogP contribution < -0.4 is 16.0 Å². The van der Waals surface area contributed by atoms with Crippen molar-refractivity contribution in [3.8, 4) is 0 Å². The van der Waals surface area contributed by atoms with Crippen LogP contribution >= 0.6 is 0 Å². The highest BCUT2D eigenvalue weighted by Crippen LogP contribution is 2.26. The Labute approximate surface area is 157 Å². The molecule has 4 N–H and O–H groups in total. The summed E-state index contributed by atoms with van der Waals surface area (Å²) >= 11 is 0. The topological polar surface area (TPSA) is 126 Å². The average Bonchev–Trinajstić information content (AvgIpc) is 2.61. The van der Waals surface area contributed by atoms with E-state index in [-0.39, 0.29) is 5.91 Å². The zero-order valence-corrected chi connectivity index (χ0v) is 14.7. The summed E-state index contributed by atoms with van der Waals surface area (Å²) in [6.45, 7) is 2.70. The van der Waals surface area contributed by atoms with E-state index < -0.39 is 18.2 Å². The van der Waals surface area contributed by atoms with E-state index >= 15 is 0 Å². The number of aliphatic carboxylic acids is 1. The number of alkyl halides is 3. The Hall–Kier alpha value is -3.21. The van der Waals surface area contributed by atoms with Crippen LogP contribution in [0.4, 0.5) is 23.7 Å². The molecule has 0 atom stereocenters. The Morgan fingerprint density at radius 1 is 1.32 bits per heavy atom. The van der Waals surface area contributed by atoms with Gasteiger partial charge in [0.1, 0.15) is 0 Å². The SMILES string of the molecule is Cc1nc2cc(CN)ccc2cc1N1CCC(=O)NC1=O.O=C(O)C(F)(F)F. The second kappa shape index (κ2) is 8.21. The molecule has 150 valence electrons. The van der Waals surface area contributed by atoms with Crippen LogP contribution in [-0.4, -0.2) is 40.7 Å². The summed E-state index contributed by atoms with van der Waals surface area (Å²) in [5, 5.41) is 10.4. The number of amides is 3. The molecule has 11 heteroatoms. The number of urea groups is 1. The lowest BCUT2D eigenvalue weighted by atomic mass is 10.1. The molecule has 1 aromatic heterocycles. The lowest BCUT2D eigenvalue weighted by molar-refractivity contribution is -0.192. The van der Waals surface area contributed by atoms with Gasteiger partial charge in [0, 0.05) is 24.9 Å². The van der Waals surface area contributed by atoms with Crippen molar-refractivity contribution in [1.29, 1.82) is 0 Å². The van der Waals surface area contributed by atoms with Crippen LogP contribution in [0.15, 0.2) is 24.3 Å². The highest BCUT2D eigenvalue weighted by molar-refractivity contribution is 6.06. The zero-order chi connectivity index (χ0) is 21.1. The van der Waals surface area contributed by atoms with Crippen LogP contribution in [0, 0.1) is 6.92 Å². The van der Waals surface area contributed by atoms with E-state index in [0.29, 0.717) is 19.5 Å². The van der Waals surface area contributed by atoms with Gasteiger partial charge in [0.15, 0.2) is 0 Å². The number of carboxylic acids is 1. The molecule has 0 saturated carbocycles. The minimum Gasteiger partial charge on any atom is -0.475 e. The molecule has 3 amide bonds. The number of imide groups is 1. The molecule has 28 heavy (non-hydrogen) atoms. The van der Waals surface area contributed by atoms with E-state index in [1.807, 2.05) is 31.2 Å². The third kappa shape index (κ3) is 4.94. The van der Waals surface area contributed by atoms with Gasteiger partial charge in [-0.15, -0.1) is 0 Å². The minimum atomic E-state index is -5.08. The number of hydrogen-bond donors (Lipinski definition) is 3. The number of fused-ring (bicyclic) bond motifs is 1. The predicted molar refractivity (Wildman–Crippen MR) is 93.6 cm³/mol. The Balaban J connectivity index is 0.000000345. The third-order valence-electron chi connectivity index (χ3n) is 3.87. The van der Waals surface area contributed by atoms with Crippen LogP contribution in [0.5, 0.6) is 0 Å². The van der Waals surface area contributed by atoms with Gasteiger partial charge >= 0.3 is 18.2 Å². The van der Waals surface area contributed by atoms with E-state index in [9.17, 15) is 22.8 Å². The van der Waals surface area contributed by atoms with E-state index in [1.54, 1.807) is 4.90 Å². The molecule has 1 saturated heterocycles. The second-order valence-corrected chi connectivity index (χ2v) is 5.88. The van der Waals surface area contributed by atoms with Gasteiger partial charge in [0.25, 0.3) is 0 Å². The Kier molecular flexibility index (Phi) is 6.19. The maximum Gasteiger partial charge on any atom is 0.490 e. The van der Waals surface area contributed by atoms with Gasteiger partial charge in [-0.2, -0.15) is 13.2 Å². The summed E-state index contributed by atoms with van der Waals surface area (Å²) in [6, 6.07) is 7.37. The number of halogens is 3. The number of aromatic nitrogens is 1. The van der Waals surface area contributed by atoms with Crippen molar-refractivity contribution in [3.05, 3.63) is 35.5 Å². The largest absolute Gasteiger partial charge is 0.490 e. The predicted octanol–water partition coefficient (Wildman–Crippen LogP) is 2.08. The lowest BCUT2D eigenvalue weighted by Gasteiger charge is -2.27. The molecular formula is C17H17F3N4O4.